The van der Waals surface area contributed by atoms with Gasteiger partial charge in [0.15, 0.2) is 5.82 Å². The summed E-state index contributed by atoms with van der Waals surface area (Å²) in [5.74, 6) is 0.289. The number of tetrazole rings is 1. The second-order valence-corrected chi connectivity index (χ2v) is 6.56. The molecule has 144 valence electrons. The number of hydrogen-bond donors (Lipinski definition) is 2. The zero-order chi connectivity index (χ0) is 19.9. The summed E-state index contributed by atoms with van der Waals surface area (Å²) in [6, 6.07) is 13.9. The molecule has 2 amide bonds. The Morgan fingerprint density at radius 3 is 2.64 bits per heavy atom. The summed E-state index contributed by atoms with van der Waals surface area (Å²) in [4.78, 5) is 24.1. The van der Waals surface area contributed by atoms with Gasteiger partial charge in [-0.2, -0.15) is 0 Å². The number of carbonyl (C=O) groups is 2. The number of carbonyl (C=O) groups excluding carboxylic acids is 2. The standard InChI is InChI=1S/C19H19ClN6O2/c1-26-18(23-24-25-26)14-4-2-5-16(12-14)22-17(27)6-3-11-21-19(28)13-7-9-15(20)10-8-13/h2,4-5,7-10,12H,3,6,11H2,1H3,(H,21,28)(H,22,27). The summed E-state index contributed by atoms with van der Waals surface area (Å²) < 4.78 is 1.56. The summed E-state index contributed by atoms with van der Waals surface area (Å²) >= 11 is 5.80. The predicted octanol–water partition coefficient (Wildman–Crippen LogP) is 2.68. The van der Waals surface area contributed by atoms with Crippen LogP contribution in [0.15, 0.2) is 48.5 Å². The van der Waals surface area contributed by atoms with E-state index in [1.807, 2.05) is 18.2 Å². The van der Waals surface area contributed by atoms with Crippen LogP contribution in [0.1, 0.15) is 23.2 Å². The molecule has 3 rings (SSSR count). The number of aryl methyl sites for hydroxylation is 1. The quantitative estimate of drug-likeness (QED) is 0.596. The van der Waals surface area contributed by atoms with Gasteiger partial charge in [-0.05, 0) is 53.2 Å². The average molecular weight is 399 g/mol. The van der Waals surface area contributed by atoms with E-state index in [1.54, 1.807) is 42.1 Å². The fourth-order valence-corrected chi connectivity index (χ4v) is 2.71. The van der Waals surface area contributed by atoms with Gasteiger partial charge < -0.3 is 10.6 Å². The molecule has 1 heterocycles. The van der Waals surface area contributed by atoms with Crippen molar-refractivity contribution in [2.24, 2.45) is 7.05 Å². The van der Waals surface area contributed by atoms with Crippen LogP contribution in [0.5, 0.6) is 0 Å². The fraction of sp³-hybridized carbons (Fsp3) is 0.211. The van der Waals surface area contributed by atoms with Crippen LogP contribution in [-0.4, -0.2) is 38.6 Å². The molecule has 0 aliphatic heterocycles. The van der Waals surface area contributed by atoms with Crippen LogP contribution < -0.4 is 10.6 Å². The van der Waals surface area contributed by atoms with Crippen LogP contribution in [0, 0.1) is 0 Å². The Kier molecular flexibility index (Phi) is 6.33. The van der Waals surface area contributed by atoms with Crippen molar-refractivity contribution in [3.8, 4) is 11.4 Å². The van der Waals surface area contributed by atoms with Gasteiger partial charge in [-0.25, -0.2) is 4.68 Å². The van der Waals surface area contributed by atoms with Crippen molar-refractivity contribution in [1.29, 1.82) is 0 Å². The Balaban J connectivity index is 1.45. The minimum absolute atomic E-state index is 0.131. The van der Waals surface area contributed by atoms with E-state index in [-0.39, 0.29) is 18.2 Å². The van der Waals surface area contributed by atoms with E-state index in [9.17, 15) is 9.59 Å². The van der Waals surface area contributed by atoms with Gasteiger partial charge >= 0.3 is 0 Å². The zero-order valence-corrected chi connectivity index (χ0v) is 16.0. The van der Waals surface area contributed by atoms with Gasteiger partial charge in [-0.1, -0.05) is 23.7 Å². The SMILES string of the molecule is Cn1nnnc1-c1cccc(NC(=O)CCCNC(=O)c2ccc(Cl)cc2)c1. The van der Waals surface area contributed by atoms with Crippen molar-refractivity contribution >= 4 is 29.1 Å². The Morgan fingerprint density at radius 2 is 1.93 bits per heavy atom. The molecule has 1 aromatic heterocycles. The number of hydrogen-bond acceptors (Lipinski definition) is 5. The van der Waals surface area contributed by atoms with Crippen LogP contribution in [-0.2, 0) is 11.8 Å². The minimum Gasteiger partial charge on any atom is -0.352 e. The van der Waals surface area contributed by atoms with Gasteiger partial charge in [0, 0.05) is 41.9 Å². The van der Waals surface area contributed by atoms with Crippen molar-refractivity contribution in [3.05, 3.63) is 59.1 Å². The molecule has 28 heavy (non-hydrogen) atoms. The maximum atomic E-state index is 12.1. The highest BCUT2D eigenvalue weighted by Gasteiger charge is 2.09. The van der Waals surface area contributed by atoms with Crippen molar-refractivity contribution in [3.63, 3.8) is 0 Å². The lowest BCUT2D eigenvalue weighted by Crippen LogP contribution is -2.25. The Bertz CT molecular complexity index is 971. The number of benzene rings is 2. The molecule has 0 unspecified atom stereocenters. The third-order valence-corrected chi connectivity index (χ3v) is 4.25. The number of nitrogens with zero attached hydrogens (tertiary/aromatic N) is 4. The maximum Gasteiger partial charge on any atom is 0.251 e. The molecule has 2 aromatic carbocycles. The molecule has 0 bridgehead atoms. The molecule has 9 heteroatoms. The first-order chi connectivity index (χ1) is 13.5. The first kappa shape index (κ1) is 19.5. The molecule has 3 aromatic rings. The molecule has 0 saturated heterocycles. The first-order valence-electron chi connectivity index (χ1n) is 8.69. The molecule has 8 nitrogen and oxygen atoms in total. The summed E-state index contributed by atoms with van der Waals surface area (Å²) in [6.07, 6.45) is 0.814. The third-order valence-electron chi connectivity index (χ3n) is 4.00. The molecule has 0 atom stereocenters. The highest BCUT2D eigenvalue weighted by molar-refractivity contribution is 6.30. The van der Waals surface area contributed by atoms with Gasteiger partial charge in [-0.3, -0.25) is 9.59 Å². The number of nitrogens with one attached hydrogen (secondary N) is 2. The van der Waals surface area contributed by atoms with Crippen LogP contribution >= 0.6 is 11.6 Å². The maximum absolute atomic E-state index is 12.1. The van der Waals surface area contributed by atoms with Crippen molar-refractivity contribution in [2.45, 2.75) is 12.8 Å². The smallest absolute Gasteiger partial charge is 0.251 e. The zero-order valence-electron chi connectivity index (χ0n) is 15.2. The normalized spacial score (nSPS) is 10.5. The van der Waals surface area contributed by atoms with E-state index >= 15 is 0 Å². The van der Waals surface area contributed by atoms with Gasteiger partial charge in [0.25, 0.3) is 5.91 Å². The van der Waals surface area contributed by atoms with Crippen LogP contribution in [0.2, 0.25) is 5.02 Å². The van der Waals surface area contributed by atoms with Crippen LogP contribution in [0.3, 0.4) is 0 Å². The summed E-state index contributed by atoms with van der Waals surface area (Å²) in [5, 5.41) is 17.6. The van der Waals surface area contributed by atoms with Gasteiger partial charge in [-0.15, -0.1) is 5.10 Å². The van der Waals surface area contributed by atoms with Gasteiger partial charge in [0.05, 0.1) is 0 Å². The molecular weight excluding hydrogens is 380 g/mol. The van der Waals surface area contributed by atoms with E-state index in [0.29, 0.717) is 35.1 Å². The summed E-state index contributed by atoms with van der Waals surface area (Å²) in [7, 11) is 1.75. The largest absolute Gasteiger partial charge is 0.352 e. The van der Waals surface area contributed by atoms with E-state index in [0.717, 1.165) is 5.56 Å². The minimum atomic E-state index is -0.193. The Labute approximate surface area is 166 Å². The lowest BCUT2D eigenvalue weighted by molar-refractivity contribution is -0.116. The molecule has 2 N–H and O–H groups in total. The number of anilines is 1. The fourth-order valence-electron chi connectivity index (χ4n) is 2.59. The lowest BCUT2D eigenvalue weighted by Gasteiger charge is -2.08. The van der Waals surface area contributed by atoms with E-state index < -0.39 is 0 Å². The van der Waals surface area contributed by atoms with Crippen LogP contribution in [0.25, 0.3) is 11.4 Å². The topological polar surface area (TPSA) is 102 Å². The van der Waals surface area contributed by atoms with E-state index in [1.165, 1.54) is 0 Å². The molecule has 0 saturated carbocycles. The molecule has 0 spiro atoms. The molecular formula is C19H19ClN6O2. The number of amides is 2. The van der Waals surface area contributed by atoms with Crippen molar-refractivity contribution in [1.82, 2.24) is 25.5 Å². The Morgan fingerprint density at radius 1 is 1.14 bits per heavy atom. The van der Waals surface area contributed by atoms with E-state index in [4.69, 9.17) is 11.6 Å². The number of rotatable bonds is 7. The first-order valence-corrected chi connectivity index (χ1v) is 9.07. The number of halogens is 1. The molecule has 0 fully saturated rings. The second kappa shape index (κ2) is 9.09. The predicted molar refractivity (Wildman–Crippen MR) is 106 cm³/mol. The average Bonchev–Trinajstić information content (AvgIpc) is 3.12. The van der Waals surface area contributed by atoms with E-state index in [2.05, 4.69) is 26.2 Å². The monoisotopic (exact) mass is 398 g/mol. The molecule has 0 aliphatic rings. The molecule has 0 aliphatic carbocycles. The highest BCUT2D eigenvalue weighted by Crippen LogP contribution is 2.19. The summed E-state index contributed by atoms with van der Waals surface area (Å²) in [5.41, 5.74) is 2.00. The van der Waals surface area contributed by atoms with Gasteiger partial charge in [0.2, 0.25) is 5.91 Å². The van der Waals surface area contributed by atoms with Gasteiger partial charge in [0.1, 0.15) is 0 Å². The Hall–Kier alpha value is -3.26. The molecule has 0 radical (unpaired) electrons. The lowest BCUT2D eigenvalue weighted by atomic mass is 10.2. The van der Waals surface area contributed by atoms with Crippen molar-refractivity contribution in [2.75, 3.05) is 11.9 Å². The third kappa shape index (κ3) is 5.14. The van der Waals surface area contributed by atoms with Crippen LogP contribution in [0.4, 0.5) is 5.69 Å². The van der Waals surface area contributed by atoms with Crippen molar-refractivity contribution < 1.29 is 9.59 Å². The number of aromatic nitrogens is 4. The highest BCUT2D eigenvalue weighted by atomic mass is 35.5. The summed E-state index contributed by atoms with van der Waals surface area (Å²) in [6.45, 7) is 0.402. The second-order valence-electron chi connectivity index (χ2n) is 6.12.